The summed E-state index contributed by atoms with van der Waals surface area (Å²) < 4.78 is 6.38. The Bertz CT molecular complexity index is 561. The molecule has 2 aromatic rings. The van der Waals surface area contributed by atoms with E-state index >= 15 is 0 Å². The summed E-state index contributed by atoms with van der Waals surface area (Å²) in [5.41, 5.74) is 2.22. The molecule has 1 saturated heterocycles. The Kier molecular flexibility index (Phi) is 2.17. The van der Waals surface area contributed by atoms with Crippen molar-refractivity contribution in [2.45, 2.75) is 25.9 Å². The van der Waals surface area contributed by atoms with Crippen molar-refractivity contribution in [2.75, 3.05) is 0 Å². The molecule has 2 heterocycles. The number of thiazole rings is 1. The normalized spacial score (nSPS) is 20.3. The van der Waals surface area contributed by atoms with E-state index in [1.54, 1.807) is 11.3 Å². The molecule has 0 bridgehead atoms. The van der Waals surface area contributed by atoms with Gasteiger partial charge in [0.25, 0.3) is 0 Å². The van der Waals surface area contributed by atoms with Crippen LogP contribution in [0.4, 0.5) is 0 Å². The summed E-state index contributed by atoms with van der Waals surface area (Å²) in [7, 11) is 0. The number of rotatable bonds is 1. The van der Waals surface area contributed by atoms with Gasteiger partial charge in [-0.15, -0.1) is 11.3 Å². The highest BCUT2D eigenvalue weighted by molar-refractivity contribution is 7.18. The summed E-state index contributed by atoms with van der Waals surface area (Å²) in [6.45, 7) is 2.06. The maximum absolute atomic E-state index is 11.1. The Morgan fingerprint density at radius 2 is 2.38 bits per heavy atom. The van der Waals surface area contributed by atoms with Crippen LogP contribution in [0.15, 0.2) is 18.2 Å². The highest BCUT2D eigenvalue weighted by atomic mass is 32.1. The van der Waals surface area contributed by atoms with Gasteiger partial charge in [-0.1, -0.05) is 6.07 Å². The van der Waals surface area contributed by atoms with E-state index in [0.717, 1.165) is 21.6 Å². The molecule has 3 nitrogen and oxygen atoms in total. The van der Waals surface area contributed by atoms with Crippen LogP contribution < -0.4 is 0 Å². The second-order valence-electron chi connectivity index (χ2n) is 4.04. The molecular formula is C12H11NO2S. The molecule has 1 aromatic carbocycles. The standard InChI is InChI=1S/C12H11NO2S/c1-7-2-3-8-10(6-7)16-12(13-8)9-4-5-11(14)15-9/h2-3,6,9H,4-5H2,1H3/t9-/m0/s1. The second-order valence-corrected chi connectivity index (χ2v) is 5.10. The second kappa shape index (κ2) is 3.56. The first kappa shape index (κ1) is 9.78. The lowest BCUT2D eigenvalue weighted by Gasteiger charge is -2.02. The van der Waals surface area contributed by atoms with Gasteiger partial charge in [0.2, 0.25) is 0 Å². The van der Waals surface area contributed by atoms with Gasteiger partial charge >= 0.3 is 5.97 Å². The minimum absolute atomic E-state index is 0.111. The molecule has 1 aromatic heterocycles. The van der Waals surface area contributed by atoms with Crippen LogP contribution in [-0.2, 0) is 9.53 Å². The van der Waals surface area contributed by atoms with Gasteiger partial charge in [-0.25, -0.2) is 4.98 Å². The summed E-state index contributed by atoms with van der Waals surface area (Å²) >= 11 is 1.62. The summed E-state index contributed by atoms with van der Waals surface area (Å²) in [5.74, 6) is -0.111. The van der Waals surface area contributed by atoms with Crippen LogP contribution in [-0.4, -0.2) is 11.0 Å². The number of hydrogen-bond donors (Lipinski definition) is 0. The molecule has 3 rings (SSSR count). The molecule has 0 amide bonds. The maximum atomic E-state index is 11.1. The van der Waals surface area contributed by atoms with Crippen LogP contribution in [0, 0.1) is 6.92 Å². The number of ether oxygens (including phenoxy) is 1. The smallest absolute Gasteiger partial charge is 0.306 e. The van der Waals surface area contributed by atoms with E-state index in [0.29, 0.717) is 6.42 Å². The van der Waals surface area contributed by atoms with Crippen LogP contribution in [0.25, 0.3) is 10.2 Å². The van der Waals surface area contributed by atoms with Crippen LogP contribution >= 0.6 is 11.3 Å². The van der Waals surface area contributed by atoms with Crippen molar-refractivity contribution in [3.8, 4) is 0 Å². The minimum Gasteiger partial charge on any atom is -0.455 e. The van der Waals surface area contributed by atoms with Gasteiger partial charge in [0.05, 0.1) is 10.2 Å². The number of esters is 1. The number of aromatic nitrogens is 1. The highest BCUT2D eigenvalue weighted by Gasteiger charge is 2.27. The van der Waals surface area contributed by atoms with Gasteiger partial charge in [-0.05, 0) is 24.6 Å². The van der Waals surface area contributed by atoms with Crippen molar-refractivity contribution in [3.05, 3.63) is 28.8 Å². The molecule has 1 atom stereocenters. The Morgan fingerprint density at radius 3 is 3.12 bits per heavy atom. The number of fused-ring (bicyclic) bond motifs is 1. The molecule has 0 aliphatic carbocycles. The fourth-order valence-electron chi connectivity index (χ4n) is 1.89. The van der Waals surface area contributed by atoms with Crippen molar-refractivity contribution in [3.63, 3.8) is 0 Å². The van der Waals surface area contributed by atoms with Gasteiger partial charge in [-0.2, -0.15) is 0 Å². The van der Waals surface area contributed by atoms with E-state index in [-0.39, 0.29) is 12.1 Å². The molecule has 82 valence electrons. The van der Waals surface area contributed by atoms with Crippen molar-refractivity contribution in [2.24, 2.45) is 0 Å². The molecule has 0 unspecified atom stereocenters. The molecule has 1 aliphatic rings. The van der Waals surface area contributed by atoms with Gasteiger partial charge < -0.3 is 4.74 Å². The molecule has 4 heteroatoms. The third-order valence-electron chi connectivity index (χ3n) is 2.72. The average Bonchev–Trinajstić information content (AvgIpc) is 2.83. The van der Waals surface area contributed by atoms with Crippen molar-refractivity contribution in [1.29, 1.82) is 0 Å². The Hall–Kier alpha value is -1.42. The van der Waals surface area contributed by atoms with E-state index in [2.05, 4.69) is 18.0 Å². The first-order valence-electron chi connectivity index (χ1n) is 5.29. The molecule has 16 heavy (non-hydrogen) atoms. The van der Waals surface area contributed by atoms with Gasteiger partial charge in [0, 0.05) is 12.8 Å². The van der Waals surface area contributed by atoms with E-state index < -0.39 is 0 Å². The number of benzene rings is 1. The largest absolute Gasteiger partial charge is 0.455 e. The van der Waals surface area contributed by atoms with Crippen molar-refractivity contribution >= 4 is 27.5 Å². The fraction of sp³-hybridized carbons (Fsp3) is 0.333. The van der Waals surface area contributed by atoms with Crippen LogP contribution in [0.5, 0.6) is 0 Å². The van der Waals surface area contributed by atoms with E-state index in [1.807, 2.05) is 12.1 Å². The first-order chi connectivity index (χ1) is 7.72. The third-order valence-corrected chi connectivity index (χ3v) is 3.83. The van der Waals surface area contributed by atoms with Crippen molar-refractivity contribution < 1.29 is 9.53 Å². The number of hydrogen-bond acceptors (Lipinski definition) is 4. The molecule has 1 aliphatic heterocycles. The lowest BCUT2D eigenvalue weighted by atomic mass is 10.2. The summed E-state index contributed by atoms with van der Waals surface area (Å²) in [4.78, 5) is 15.6. The van der Waals surface area contributed by atoms with E-state index in [4.69, 9.17) is 4.74 Å². The summed E-state index contributed by atoms with van der Waals surface area (Å²) in [5, 5.41) is 0.923. The zero-order valence-corrected chi connectivity index (χ0v) is 9.71. The molecule has 1 fully saturated rings. The lowest BCUT2D eigenvalue weighted by molar-refractivity contribution is -0.141. The topological polar surface area (TPSA) is 39.2 Å². The lowest BCUT2D eigenvalue weighted by Crippen LogP contribution is -1.97. The minimum atomic E-state index is -0.120. The third kappa shape index (κ3) is 1.59. The van der Waals surface area contributed by atoms with E-state index in [9.17, 15) is 4.79 Å². The maximum Gasteiger partial charge on any atom is 0.306 e. The van der Waals surface area contributed by atoms with Gasteiger partial charge in [0.15, 0.2) is 6.10 Å². The summed E-state index contributed by atoms with van der Waals surface area (Å²) in [6, 6.07) is 6.18. The molecule has 0 spiro atoms. The molecular weight excluding hydrogens is 222 g/mol. The number of carbonyl (C=O) groups is 1. The quantitative estimate of drug-likeness (QED) is 0.711. The Balaban J connectivity index is 2.02. The molecule has 0 N–H and O–H groups in total. The fourth-order valence-corrected chi connectivity index (χ4v) is 3.02. The summed E-state index contributed by atoms with van der Waals surface area (Å²) in [6.07, 6.45) is 1.15. The first-order valence-corrected chi connectivity index (χ1v) is 6.10. The predicted octanol–water partition coefficient (Wildman–Crippen LogP) is 2.98. The van der Waals surface area contributed by atoms with E-state index in [1.165, 1.54) is 5.56 Å². The Labute approximate surface area is 97.1 Å². The molecule has 0 radical (unpaired) electrons. The predicted molar refractivity (Wildman–Crippen MR) is 62.4 cm³/mol. The monoisotopic (exact) mass is 233 g/mol. The van der Waals surface area contributed by atoms with Gasteiger partial charge in [-0.3, -0.25) is 4.79 Å². The van der Waals surface area contributed by atoms with Crippen LogP contribution in [0.1, 0.15) is 29.5 Å². The number of aryl methyl sites for hydroxylation is 1. The van der Waals surface area contributed by atoms with Gasteiger partial charge in [0.1, 0.15) is 5.01 Å². The van der Waals surface area contributed by atoms with Crippen LogP contribution in [0.2, 0.25) is 0 Å². The SMILES string of the molecule is Cc1ccc2nc([C@@H]3CCC(=O)O3)sc2c1. The number of carbonyl (C=O) groups excluding carboxylic acids is 1. The molecule has 0 saturated carbocycles. The zero-order chi connectivity index (χ0) is 11.1. The highest BCUT2D eigenvalue weighted by Crippen LogP contribution is 2.34. The average molecular weight is 233 g/mol. The number of cyclic esters (lactones) is 1. The number of nitrogens with zero attached hydrogens (tertiary/aromatic N) is 1. The zero-order valence-electron chi connectivity index (χ0n) is 8.90. The Morgan fingerprint density at radius 1 is 1.50 bits per heavy atom. The van der Waals surface area contributed by atoms with Crippen molar-refractivity contribution in [1.82, 2.24) is 4.98 Å². The van der Waals surface area contributed by atoms with Crippen LogP contribution in [0.3, 0.4) is 0 Å².